The predicted octanol–water partition coefficient (Wildman–Crippen LogP) is 5.35. The summed E-state index contributed by atoms with van der Waals surface area (Å²) in [5, 5.41) is 25.3. The van der Waals surface area contributed by atoms with Gasteiger partial charge in [-0.15, -0.1) is 0 Å². The summed E-state index contributed by atoms with van der Waals surface area (Å²) in [6, 6.07) is 15.5. The average Bonchev–Trinajstić information content (AvgIpc) is 2.87. The Bertz CT molecular complexity index is 1610. The van der Waals surface area contributed by atoms with Gasteiger partial charge in [0.2, 0.25) is 0 Å². The van der Waals surface area contributed by atoms with Gasteiger partial charge in [0.25, 0.3) is 11.2 Å². The fraction of sp³-hybridized carbons (Fsp3) is 0.154. The van der Waals surface area contributed by atoms with Gasteiger partial charge in [-0.2, -0.15) is 9.78 Å². The third-order valence-corrected chi connectivity index (χ3v) is 5.93. The molecule has 37 heavy (non-hydrogen) atoms. The number of nitrogens with zero attached hydrogens (tertiary/aromatic N) is 4. The lowest BCUT2D eigenvalue weighted by molar-refractivity contribution is -0.384. The van der Waals surface area contributed by atoms with Crippen molar-refractivity contribution in [3.63, 3.8) is 0 Å². The molecule has 0 spiro atoms. The van der Waals surface area contributed by atoms with Crippen molar-refractivity contribution in [2.75, 3.05) is 0 Å². The summed E-state index contributed by atoms with van der Waals surface area (Å²) in [5.74, 6) is -0.507. The second-order valence-corrected chi connectivity index (χ2v) is 9.34. The number of non-ortho nitro benzene ring substituents is 1. The molecule has 0 aliphatic carbocycles. The van der Waals surface area contributed by atoms with Crippen LogP contribution in [0.5, 0.6) is 5.75 Å². The quantitative estimate of drug-likeness (QED) is 0.173. The Hall–Kier alpha value is -4.38. The van der Waals surface area contributed by atoms with Crippen LogP contribution < -0.4 is 10.3 Å². The van der Waals surface area contributed by atoms with E-state index in [9.17, 15) is 24.8 Å². The summed E-state index contributed by atoms with van der Waals surface area (Å²) >= 11 is 3.37. The summed E-state index contributed by atoms with van der Waals surface area (Å²) in [6.45, 7) is 3.78. The molecule has 1 N–H and O–H groups in total. The number of fused-ring (bicyclic) bond motifs is 1. The fourth-order valence-electron chi connectivity index (χ4n) is 3.61. The summed E-state index contributed by atoms with van der Waals surface area (Å²) in [7, 11) is 0. The van der Waals surface area contributed by atoms with Gasteiger partial charge in [0.05, 0.1) is 27.6 Å². The molecule has 0 saturated heterocycles. The molecule has 0 radical (unpaired) electrons. The molecule has 0 atom stereocenters. The molecule has 0 saturated carbocycles. The third-order valence-electron chi connectivity index (χ3n) is 5.43. The van der Waals surface area contributed by atoms with Crippen molar-refractivity contribution in [2.45, 2.75) is 26.4 Å². The highest BCUT2D eigenvalue weighted by Crippen LogP contribution is 2.25. The van der Waals surface area contributed by atoms with Crippen LogP contribution in [0.15, 0.2) is 75.0 Å². The number of aromatic nitrogens is 2. The highest BCUT2D eigenvalue weighted by molar-refractivity contribution is 9.10. The maximum Gasteiger partial charge on any atom is 0.335 e. The van der Waals surface area contributed by atoms with E-state index in [0.717, 1.165) is 0 Å². The van der Waals surface area contributed by atoms with E-state index in [0.29, 0.717) is 26.8 Å². The van der Waals surface area contributed by atoms with Crippen LogP contribution in [0.4, 0.5) is 5.69 Å². The van der Waals surface area contributed by atoms with Gasteiger partial charge in [0, 0.05) is 28.1 Å². The van der Waals surface area contributed by atoms with Crippen LogP contribution in [0.25, 0.3) is 10.9 Å². The van der Waals surface area contributed by atoms with E-state index < -0.39 is 10.9 Å². The standard InChI is InChI=1S/C26H21BrN4O6/c1-15(2)24-29-22-8-6-19(27)12-21(22)25(32)30(24)28-13-18-11-20(31(35)36)7-9-23(18)37-14-16-4-3-5-17(10-16)26(33)34/h3-13,15H,14H2,1-2H3,(H,33,34). The summed E-state index contributed by atoms with van der Waals surface area (Å²) in [6.07, 6.45) is 1.31. The van der Waals surface area contributed by atoms with Crippen LogP contribution in [-0.2, 0) is 6.61 Å². The molecule has 10 nitrogen and oxygen atoms in total. The fourth-order valence-corrected chi connectivity index (χ4v) is 3.97. The van der Waals surface area contributed by atoms with Gasteiger partial charge in [-0.05, 0) is 42.0 Å². The number of hydrogen-bond donors (Lipinski definition) is 1. The van der Waals surface area contributed by atoms with E-state index in [1.54, 1.807) is 30.3 Å². The van der Waals surface area contributed by atoms with E-state index in [1.165, 1.54) is 41.2 Å². The lowest BCUT2D eigenvalue weighted by Crippen LogP contribution is -2.23. The van der Waals surface area contributed by atoms with Crippen molar-refractivity contribution >= 4 is 44.7 Å². The minimum atomic E-state index is -1.06. The molecular weight excluding hydrogens is 544 g/mol. The molecule has 0 bridgehead atoms. The zero-order valence-electron chi connectivity index (χ0n) is 19.8. The lowest BCUT2D eigenvalue weighted by Gasteiger charge is -2.13. The van der Waals surface area contributed by atoms with Crippen LogP contribution >= 0.6 is 15.9 Å². The molecule has 4 rings (SSSR count). The van der Waals surface area contributed by atoms with Crippen molar-refractivity contribution in [3.8, 4) is 5.75 Å². The van der Waals surface area contributed by atoms with Gasteiger partial charge in [-0.3, -0.25) is 14.9 Å². The molecule has 0 fully saturated rings. The van der Waals surface area contributed by atoms with E-state index in [4.69, 9.17) is 4.74 Å². The minimum Gasteiger partial charge on any atom is -0.488 e. The second kappa shape index (κ2) is 10.7. The van der Waals surface area contributed by atoms with Crippen molar-refractivity contribution < 1.29 is 19.6 Å². The molecule has 0 aliphatic rings. The van der Waals surface area contributed by atoms with Crippen molar-refractivity contribution in [1.82, 2.24) is 9.66 Å². The summed E-state index contributed by atoms with van der Waals surface area (Å²) in [5.41, 5.74) is 0.945. The van der Waals surface area contributed by atoms with Gasteiger partial charge >= 0.3 is 5.97 Å². The van der Waals surface area contributed by atoms with Gasteiger partial charge in [0.1, 0.15) is 18.2 Å². The maximum absolute atomic E-state index is 13.3. The van der Waals surface area contributed by atoms with Crippen molar-refractivity contribution in [3.05, 3.63) is 108 Å². The highest BCUT2D eigenvalue weighted by atomic mass is 79.9. The molecule has 0 amide bonds. The zero-order valence-corrected chi connectivity index (χ0v) is 21.4. The smallest absolute Gasteiger partial charge is 0.335 e. The van der Waals surface area contributed by atoms with E-state index in [1.807, 2.05) is 13.8 Å². The molecule has 188 valence electrons. The van der Waals surface area contributed by atoms with Crippen molar-refractivity contribution in [2.24, 2.45) is 5.10 Å². The normalized spacial score (nSPS) is 11.4. The largest absolute Gasteiger partial charge is 0.488 e. The van der Waals surface area contributed by atoms with Crippen LogP contribution in [0.2, 0.25) is 0 Å². The first-order chi connectivity index (χ1) is 17.6. The Morgan fingerprint density at radius 1 is 1.22 bits per heavy atom. The number of carbonyl (C=O) groups is 1. The molecular formula is C26H21BrN4O6. The molecule has 3 aromatic carbocycles. The number of carboxylic acid groups (broad SMARTS) is 1. The highest BCUT2D eigenvalue weighted by Gasteiger charge is 2.15. The summed E-state index contributed by atoms with van der Waals surface area (Å²) in [4.78, 5) is 40.0. The molecule has 11 heteroatoms. The number of halogens is 1. The van der Waals surface area contributed by atoms with Crippen LogP contribution in [0.3, 0.4) is 0 Å². The van der Waals surface area contributed by atoms with Crippen LogP contribution in [0.1, 0.15) is 47.1 Å². The molecule has 1 aromatic heterocycles. The average molecular weight is 565 g/mol. The van der Waals surface area contributed by atoms with E-state index in [-0.39, 0.29) is 40.6 Å². The minimum absolute atomic E-state index is 0.0164. The van der Waals surface area contributed by atoms with Gasteiger partial charge < -0.3 is 9.84 Å². The first-order valence-electron chi connectivity index (χ1n) is 11.1. The number of aromatic carboxylic acids is 1. The Morgan fingerprint density at radius 2 is 2.00 bits per heavy atom. The number of nitro benzene ring substituents is 1. The molecule has 4 aromatic rings. The predicted molar refractivity (Wildman–Crippen MR) is 142 cm³/mol. The Morgan fingerprint density at radius 3 is 2.70 bits per heavy atom. The SMILES string of the molecule is CC(C)c1nc2ccc(Br)cc2c(=O)n1N=Cc1cc([N+](=O)[O-])ccc1OCc1cccc(C(=O)O)c1. The van der Waals surface area contributed by atoms with Crippen molar-refractivity contribution in [1.29, 1.82) is 0 Å². The molecule has 0 aliphatic heterocycles. The summed E-state index contributed by atoms with van der Waals surface area (Å²) < 4.78 is 7.75. The Balaban J connectivity index is 1.75. The van der Waals surface area contributed by atoms with Gasteiger partial charge in [-0.25, -0.2) is 9.78 Å². The Labute approximate surface area is 219 Å². The van der Waals surface area contributed by atoms with E-state index >= 15 is 0 Å². The van der Waals surface area contributed by atoms with Crippen LogP contribution in [0, 0.1) is 10.1 Å². The Kier molecular flexibility index (Phi) is 7.44. The topological polar surface area (TPSA) is 137 Å². The lowest BCUT2D eigenvalue weighted by atomic mass is 10.1. The number of carboxylic acids is 1. The monoisotopic (exact) mass is 564 g/mol. The third kappa shape index (κ3) is 5.72. The van der Waals surface area contributed by atoms with Gasteiger partial charge in [-0.1, -0.05) is 41.9 Å². The number of ether oxygens (including phenoxy) is 1. The number of hydrogen-bond acceptors (Lipinski definition) is 7. The second-order valence-electron chi connectivity index (χ2n) is 8.42. The molecule has 1 heterocycles. The number of rotatable bonds is 8. The molecule has 0 unspecified atom stereocenters. The maximum atomic E-state index is 13.3. The first kappa shape index (κ1) is 25.7. The van der Waals surface area contributed by atoms with Crippen LogP contribution in [-0.4, -0.2) is 31.9 Å². The zero-order chi connectivity index (χ0) is 26.7. The number of benzene rings is 3. The first-order valence-corrected chi connectivity index (χ1v) is 11.9. The van der Waals surface area contributed by atoms with Gasteiger partial charge in [0.15, 0.2) is 0 Å². The number of nitro groups is 1. The van der Waals surface area contributed by atoms with E-state index in [2.05, 4.69) is 26.0 Å².